The minimum Gasteiger partial charge on any atom is -0.477 e. The zero-order chi connectivity index (χ0) is 18.8. The van der Waals surface area contributed by atoms with Gasteiger partial charge in [-0.2, -0.15) is 0 Å². The molecule has 1 heterocycles. The van der Waals surface area contributed by atoms with Gasteiger partial charge in [-0.15, -0.1) is 11.3 Å². The number of rotatable bonds is 4. The molecule has 0 atom stereocenters. The van der Waals surface area contributed by atoms with E-state index < -0.39 is 11.9 Å². The van der Waals surface area contributed by atoms with Crippen LogP contribution in [0.15, 0.2) is 48.5 Å². The molecule has 1 aromatic heterocycles. The van der Waals surface area contributed by atoms with Gasteiger partial charge in [0.2, 0.25) is 0 Å². The molecule has 1 N–H and O–H groups in total. The summed E-state index contributed by atoms with van der Waals surface area (Å²) in [6, 6.07) is 13.7. The van der Waals surface area contributed by atoms with Gasteiger partial charge in [0.25, 0.3) is 5.91 Å². The maximum Gasteiger partial charge on any atom is 0.349 e. The Morgan fingerprint density at radius 3 is 2.42 bits per heavy atom. The highest BCUT2D eigenvalue weighted by Gasteiger charge is 2.26. The Morgan fingerprint density at radius 2 is 1.81 bits per heavy atom. The summed E-state index contributed by atoms with van der Waals surface area (Å²) in [5, 5.41) is 10.6. The number of nitrogens with zero attached hydrogens (tertiary/aromatic N) is 2. The van der Waals surface area contributed by atoms with Crippen LogP contribution in [0.25, 0.3) is 10.6 Å². The lowest BCUT2D eigenvalue weighted by molar-refractivity contribution is 0.0702. The second-order valence-electron chi connectivity index (χ2n) is 5.33. The molecule has 1 amide bonds. The predicted molar refractivity (Wildman–Crippen MR) is 104 cm³/mol. The number of carbonyl (C=O) groups excluding carboxylic acids is 1. The summed E-state index contributed by atoms with van der Waals surface area (Å²) in [5.41, 5.74) is 0.987. The van der Waals surface area contributed by atoms with Gasteiger partial charge in [-0.25, -0.2) is 9.78 Å². The fourth-order valence-corrected chi connectivity index (χ4v) is 3.75. The number of hydrogen-bond donors (Lipinski definition) is 1. The number of benzene rings is 2. The zero-order valence-electron chi connectivity index (χ0n) is 13.4. The lowest BCUT2D eigenvalue weighted by Crippen LogP contribution is -2.28. The minimum atomic E-state index is -1.15. The molecule has 0 aliphatic carbocycles. The van der Waals surface area contributed by atoms with Crippen molar-refractivity contribution in [2.24, 2.45) is 0 Å². The van der Waals surface area contributed by atoms with Gasteiger partial charge in [0.1, 0.15) is 5.01 Å². The quantitative estimate of drug-likeness (QED) is 0.654. The van der Waals surface area contributed by atoms with Crippen LogP contribution in [0.2, 0.25) is 10.0 Å². The number of aromatic nitrogens is 1. The molecule has 0 aliphatic rings. The molecular weight excluding hydrogens is 395 g/mol. The molecule has 3 rings (SSSR count). The number of thiazole rings is 1. The Bertz CT molecular complexity index is 989. The molecule has 0 saturated carbocycles. The number of hydrogen-bond acceptors (Lipinski definition) is 4. The third-order valence-electron chi connectivity index (χ3n) is 3.61. The van der Waals surface area contributed by atoms with E-state index in [0.717, 1.165) is 16.9 Å². The molecule has 0 aliphatic heterocycles. The second-order valence-corrected chi connectivity index (χ2v) is 7.17. The van der Waals surface area contributed by atoms with Gasteiger partial charge in [-0.1, -0.05) is 53.5 Å². The lowest BCUT2D eigenvalue weighted by atomic mass is 10.2. The summed E-state index contributed by atoms with van der Waals surface area (Å²) in [4.78, 5) is 29.9. The summed E-state index contributed by atoms with van der Waals surface area (Å²) in [6.45, 7) is 0. The van der Waals surface area contributed by atoms with E-state index in [1.165, 1.54) is 24.1 Å². The van der Waals surface area contributed by atoms with Crippen molar-refractivity contribution in [3.8, 4) is 10.6 Å². The van der Waals surface area contributed by atoms with E-state index in [9.17, 15) is 14.7 Å². The summed E-state index contributed by atoms with van der Waals surface area (Å²) in [5.74, 6) is -1.56. The highest BCUT2D eigenvalue weighted by Crippen LogP contribution is 2.34. The average Bonchev–Trinajstić information content (AvgIpc) is 3.07. The number of amides is 1. The number of carboxylic acids is 1. The predicted octanol–water partition coefficient (Wildman–Crippen LogP) is 5.09. The molecule has 0 radical (unpaired) electrons. The standard InChI is InChI=1S/C18H12Cl2N2O3S/c1-22(17(23)12-8-7-11(19)9-13(12)20)15-14(18(24)25)26-16(21-15)10-5-3-2-4-6-10/h2-9H,1H3,(H,24,25). The van der Waals surface area contributed by atoms with E-state index in [2.05, 4.69) is 4.98 Å². The molecule has 0 unspecified atom stereocenters. The fourth-order valence-electron chi connectivity index (χ4n) is 2.32. The summed E-state index contributed by atoms with van der Waals surface area (Å²) < 4.78 is 0. The monoisotopic (exact) mass is 406 g/mol. The normalized spacial score (nSPS) is 10.6. The van der Waals surface area contributed by atoms with Crippen LogP contribution in [0.3, 0.4) is 0 Å². The van der Waals surface area contributed by atoms with E-state index in [4.69, 9.17) is 23.2 Å². The van der Waals surface area contributed by atoms with Crippen LogP contribution >= 0.6 is 34.5 Å². The molecule has 0 fully saturated rings. The van der Waals surface area contributed by atoms with E-state index in [0.29, 0.717) is 10.0 Å². The van der Waals surface area contributed by atoms with Crippen molar-refractivity contribution in [2.45, 2.75) is 0 Å². The molecule has 132 valence electrons. The SMILES string of the molecule is CN(C(=O)c1ccc(Cl)cc1Cl)c1nc(-c2ccccc2)sc1C(=O)O. The molecule has 5 nitrogen and oxygen atoms in total. The van der Waals surface area contributed by atoms with E-state index in [1.807, 2.05) is 30.3 Å². The van der Waals surface area contributed by atoms with Crippen LogP contribution in [-0.4, -0.2) is 29.0 Å². The van der Waals surface area contributed by atoms with Crippen LogP contribution in [0.5, 0.6) is 0 Å². The van der Waals surface area contributed by atoms with Crippen LogP contribution in [0.1, 0.15) is 20.0 Å². The smallest absolute Gasteiger partial charge is 0.349 e. The van der Waals surface area contributed by atoms with Crippen molar-refractivity contribution < 1.29 is 14.7 Å². The first-order chi connectivity index (χ1) is 12.4. The van der Waals surface area contributed by atoms with Gasteiger partial charge >= 0.3 is 5.97 Å². The zero-order valence-corrected chi connectivity index (χ0v) is 15.8. The van der Waals surface area contributed by atoms with Crippen molar-refractivity contribution in [1.29, 1.82) is 0 Å². The third kappa shape index (κ3) is 3.58. The van der Waals surface area contributed by atoms with E-state index in [-0.39, 0.29) is 21.3 Å². The number of carboxylic acid groups (broad SMARTS) is 1. The Hall–Kier alpha value is -2.41. The summed E-state index contributed by atoms with van der Waals surface area (Å²) >= 11 is 13.0. The molecule has 26 heavy (non-hydrogen) atoms. The maximum atomic E-state index is 12.8. The Labute approximate surface area is 163 Å². The molecule has 8 heteroatoms. The fraction of sp³-hybridized carbons (Fsp3) is 0.0556. The van der Waals surface area contributed by atoms with Crippen molar-refractivity contribution in [1.82, 2.24) is 4.98 Å². The number of halogens is 2. The molecule has 0 bridgehead atoms. The molecule has 0 spiro atoms. The van der Waals surface area contributed by atoms with Gasteiger partial charge in [0.15, 0.2) is 10.7 Å². The topological polar surface area (TPSA) is 70.5 Å². The largest absolute Gasteiger partial charge is 0.477 e. The van der Waals surface area contributed by atoms with Gasteiger partial charge in [0, 0.05) is 17.6 Å². The van der Waals surface area contributed by atoms with Gasteiger partial charge < -0.3 is 5.11 Å². The molecule has 2 aromatic carbocycles. The van der Waals surface area contributed by atoms with E-state index >= 15 is 0 Å². The first kappa shape index (κ1) is 18.4. The molecule has 3 aromatic rings. The third-order valence-corrected chi connectivity index (χ3v) is 5.24. The van der Waals surface area contributed by atoms with Gasteiger partial charge in [-0.05, 0) is 18.2 Å². The van der Waals surface area contributed by atoms with E-state index in [1.54, 1.807) is 6.07 Å². The Kier molecular flexibility index (Phi) is 5.27. The molecule has 0 saturated heterocycles. The Balaban J connectivity index is 2.03. The first-order valence-corrected chi connectivity index (χ1v) is 8.98. The Morgan fingerprint density at radius 1 is 1.12 bits per heavy atom. The number of anilines is 1. The van der Waals surface area contributed by atoms with Crippen molar-refractivity contribution >= 4 is 52.2 Å². The highest BCUT2D eigenvalue weighted by atomic mass is 35.5. The summed E-state index contributed by atoms with van der Waals surface area (Å²) in [7, 11) is 1.46. The number of carbonyl (C=O) groups is 2. The van der Waals surface area contributed by atoms with Crippen LogP contribution < -0.4 is 4.90 Å². The van der Waals surface area contributed by atoms with Gasteiger partial charge in [-0.3, -0.25) is 9.69 Å². The van der Waals surface area contributed by atoms with Crippen molar-refractivity contribution in [3.05, 3.63) is 69.0 Å². The van der Waals surface area contributed by atoms with Crippen molar-refractivity contribution in [3.63, 3.8) is 0 Å². The van der Waals surface area contributed by atoms with Crippen LogP contribution in [-0.2, 0) is 0 Å². The number of aromatic carboxylic acids is 1. The first-order valence-electron chi connectivity index (χ1n) is 7.41. The van der Waals surface area contributed by atoms with Crippen LogP contribution in [0, 0.1) is 0 Å². The van der Waals surface area contributed by atoms with Crippen molar-refractivity contribution in [2.75, 3.05) is 11.9 Å². The van der Waals surface area contributed by atoms with Gasteiger partial charge in [0.05, 0.1) is 10.6 Å². The lowest BCUT2D eigenvalue weighted by Gasteiger charge is -2.16. The second kappa shape index (κ2) is 7.45. The average molecular weight is 407 g/mol. The van der Waals surface area contributed by atoms with Crippen LogP contribution in [0.4, 0.5) is 5.82 Å². The summed E-state index contributed by atoms with van der Waals surface area (Å²) in [6.07, 6.45) is 0. The molecular formula is C18H12Cl2N2O3S. The maximum absolute atomic E-state index is 12.8. The minimum absolute atomic E-state index is 0.0233. The highest BCUT2D eigenvalue weighted by molar-refractivity contribution is 7.17.